The van der Waals surface area contributed by atoms with Crippen molar-refractivity contribution in [3.05, 3.63) is 59.8 Å². The van der Waals surface area contributed by atoms with Crippen molar-refractivity contribution in [2.75, 3.05) is 6.54 Å². The largest absolute Gasteiger partial charge is 0.468 e. The molecule has 0 radical (unpaired) electrons. The van der Waals surface area contributed by atoms with E-state index in [1.165, 1.54) is 6.20 Å². The first-order valence-corrected chi connectivity index (χ1v) is 10.5. The van der Waals surface area contributed by atoms with Crippen molar-refractivity contribution >= 4 is 17.7 Å². The van der Waals surface area contributed by atoms with Crippen LogP contribution in [0.25, 0.3) is 11.3 Å². The SMILES string of the molecule is C[C@](O)(CNC(=O)Oc1cnc(OCc2ncccn2)c(-c2ccc(Cl)cc2)n1)C1CC1. The molecule has 1 aliphatic rings. The average Bonchev–Trinajstić information content (AvgIpc) is 3.65. The number of ether oxygens (including phenoxy) is 2. The fraction of sp³-hybridized carbons (Fsp3) is 0.318. The van der Waals surface area contributed by atoms with Crippen LogP contribution in [0.4, 0.5) is 4.79 Å². The van der Waals surface area contributed by atoms with Gasteiger partial charge in [0.2, 0.25) is 11.8 Å². The van der Waals surface area contributed by atoms with Gasteiger partial charge >= 0.3 is 6.09 Å². The van der Waals surface area contributed by atoms with Crippen LogP contribution in [0.3, 0.4) is 0 Å². The van der Waals surface area contributed by atoms with E-state index >= 15 is 0 Å². The maximum Gasteiger partial charge on any atom is 0.414 e. The molecule has 1 fully saturated rings. The van der Waals surface area contributed by atoms with Crippen molar-refractivity contribution in [3.63, 3.8) is 0 Å². The van der Waals surface area contributed by atoms with E-state index in [-0.39, 0.29) is 30.8 Å². The van der Waals surface area contributed by atoms with E-state index in [2.05, 4.69) is 25.3 Å². The normalized spacial score (nSPS) is 15.0. The highest BCUT2D eigenvalue weighted by Crippen LogP contribution is 2.39. The number of aliphatic hydroxyl groups is 1. The lowest BCUT2D eigenvalue weighted by Gasteiger charge is -2.22. The molecule has 2 aromatic heterocycles. The first-order valence-electron chi connectivity index (χ1n) is 10.1. The van der Waals surface area contributed by atoms with Gasteiger partial charge in [0.15, 0.2) is 5.82 Å². The number of nitrogens with one attached hydrogen (secondary N) is 1. The highest BCUT2D eigenvalue weighted by molar-refractivity contribution is 6.30. The number of carbonyl (C=O) groups is 1. The van der Waals surface area contributed by atoms with Crippen LogP contribution in [0.1, 0.15) is 25.6 Å². The molecule has 3 aromatic rings. The van der Waals surface area contributed by atoms with Gasteiger partial charge < -0.3 is 19.9 Å². The zero-order valence-electron chi connectivity index (χ0n) is 17.4. The molecule has 0 unspecified atom stereocenters. The van der Waals surface area contributed by atoms with Crippen LogP contribution in [-0.4, -0.2) is 43.3 Å². The maximum absolute atomic E-state index is 12.2. The van der Waals surface area contributed by atoms with Crippen LogP contribution in [0.5, 0.6) is 11.8 Å². The minimum absolute atomic E-state index is 0.0122. The summed E-state index contributed by atoms with van der Waals surface area (Å²) < 4.78 is 11.0. The summed E-state index contributed by atoms with van der Waals surface area (Å²) >= 11 is 6.00. The fourth-order valence-electron chi connectivity index (χ4n) is 3.08. The topological polar surface area (TPSA) is 119 Å². The van der Waals surface area contributed by atoms with Crippen molar-refractivity contribution < 1.29 is 19.4 Å². The third-order valence-corrected chi connectivity index (χ3v) is 5.29. The second-order valence-electron chi connectivity index (χ2n) is 7.70. The Balaban J connectivity index is 1.50. The Labute approximate surface area is 189 Å². The molecule has 0 spiro atoms. The Kier molecular flexibility index (Phi) is 6.48. The number of halogens is 1. The molecule has 2 N–H and O–H groups in total. The first-order chi connectivity index (χ1) is 15.4. The van der Waals surface area contributed by atoms with E-state index in [0.717, 1.165) is 12.8 Å². The third-order valence-electron chi connectivity index (χ3n) is 5.04. The molecule has 10 heteroatoms. The first kappa shape index (κ1) is 21.9. The molecule has 1 amide bonds. The molecule has 0 saturated heterocycles. The standard InChI is InChI=1S/C22H22ClN5O4/c1-22(30,15-5-6-15)13-27-21(29)32-18-11-26-20(31-12-17-24-9-2-10-25-17)19(28-18)14-3-7-16(23)8-4-14/h2-4,7-11,15,30H,5-6,12-13H2,1H3,(H,27,29)/t22-/m0/s1. The second-order valence-corrected chi connectivity index (χ2v) is 8.13. The van der Waals surface area contributed by atoms with Crippen LogP contribution in [-0.2, 0) is 6.61 Å². The number of benzene rings is 1. The molecule has 1 saturated carbocycles. The summed E-state index contributed by atoms with van der Waals surface area (Å²) in [6, 6.07) is 8.65. The lowest BCUT2D eigenvalue weighted by Crippen LogP contribution is -2.43. The van der Waals surface area contributed by atoms with Crippen LogP contribution in [0.2, 0.25) is 5.02 Å². The van der Waals surface area contributed by atoms with Crippen molar-refractivity contribution in [1.29, 1.82) is 0 Å². The summed E-state index contributed by atoms with van der Waals surface area (Å²) in [5.74, 6) is 0.897. The van der Waals surface area contributed by atoms with Gasteiger partial charge in [0.1, 0.15) is 12.3 Å². The quantitative estimate of drug-likeness (QED) is 0.530. The van der Waals surface area contributed by atoms with Crippen molar-refractivity contribution in [1.82, 2.24) is 25.3 Å². The Hall–Kier alpha value is -3.30. The molecule has 4 rings (SSSR count). The van der Waals surface area contributed by atoms with Gasteiger partial charge in [0.05, 0.1) is 11.8 Å². The summed E-state index contributed by atoms with van der Waals surface area (Å²) in [7, 11) is 0. The van der Waals surface area contributed by atoms with Gasteiger partial charge in [-0.2, -0.15) is 0 Å². The minimum atomic E-state index is -0.962. The second kappa shape index (κ2) is 9.46. The molecule has 9 nitrogen and oxygen atoms in total. The lowest BCUT2D eigenvalue weighted by atomic mass is 10.0. The van der Waals surface area contributed by atoms with Gasteiger partial charge in [0.25, 0.3) is 0 Å². The third kappa shape index (κ3) is 5.68. The van der Waals surface area contributed by atoms with Gasteiger partial charge in [-0.1, -0.05) is 23.7 Å². The summed E-state index contributed by atoms with van der Waals surface area (Å²) in [6.07, 6.45) is 5.71. The molecule has 1 aromatic carbocycles. The molecular formula is C22H22ClN5O4. The van der Waals surface area contributed by atoms with Crippen molar-refractivity contribution in [2.24, 2.45) is 5.92 Å². The van der Waals surface area contributed by atoms with E-state index in [9.17, 15) is 9.90 Å². The van der Waals surface area contributed by atoms with E-state index in [4.69, 9.17) is 21.1 Å². The molecule has 1 atom stereocenters. The van der Waals surface area contributed by atoms with Gasteiger partial charge in [-0.15, -0.1) is 0 Å². The monoisotopic (exact) mass is 455 g/mol. The van der Waals surface area contributed by atoms with Gasteiger partial charge in [-0.05, 0) is 43.9 Å². The summed E-state index contributed by atoms with van der Waals surface area (Å²) in [5, 5.41) is 13.5. The number of rotatable bonds is 8. The Morgan fingerprint density at radius 3 is 2.62 bits per heavy atom. The van der Waals surface area contributed by atoms with Crippen molar-refractivity contribution in [3.8, 4) is 23.0 Å². The molecular weight excluding hydrogens is 434 g/mol. The Morgan fingerprint density at radius 2 is 1.94 bits per heavy atom. The van der Waals surface area contributed by atoms with E-state index in [0.29, 0.717) is 22.1 Å². The molecule has 1 aliphatic carbocycles. The van der Waals surface area contributed by atoms with Gasteiger partial charge in [-0.25, -0.2) is 24.7 Å². The lowest BCUT2D eigenvalue weighted by molar-refractivity contribution is 0.0376. The highest BCUT2D eigenvalue weighted by atomic mass is 35.5. The predicted molar refractivity (Wildman–Crippen MR) is 116 cm³/mol. The summed E-state index contributed by atoms with van der Waals surface area (Å²) in [4.78, 5) is 29.1. The average molecular weight is 456 g/mol. The zero-order chi connectivity index (χ0) is 22.6. The Bertz CT molecular complexity index is 1080. The van der Waals surface area contributed by atoms with Gasteiger partial charge in [-0.3, -0.25) is 0 Å². The van der Waals surface area contributed by atoms with E-state index in [1.807, 2.05) is 0 Å². The Morgan fingerprint density at radius 1 is 1.22 bits per heavy atom. The smallest absolute Gasteiger partial charge is 0.414 e. The number of aromatic nitrogens is 4. The fourth-order valence-corrected chi connectivity index (χ4v) is 3.21. The van der Waals surface area contributed by atoms with E-state index in [1.54, 1.807) is 49.6 Å². The van der Waals surface area contributed by atoms with Crippen LogP contribution in [0, 0.1) is 5.92 Å². The maximum atomic E-state index is 12.2. The minimum Gasteiger partial charge on any atom is -0.468 e. The number of hydrogen-bond acceptors (Lipinski definition) is 8. The van der Waals surface area contributed by atoms with Crippen LogP contribution >= 0.6 is 11.6 Å². The van der Waals surface area contributed by atoms with Crippen LogP contribution in [0.15, 0.2) is 48.9 Å². The molecule has 32 heavy (non-hydrogen) atoms. The highest BCUT2D eigenvalue weighted by Gasteiger charge is 2.40. The van der Waals surface area contributed by atoms with Crippen LogP contribution < -0.4 is 14.8 Å². The van der Waals surface area contributed by atoms with Crippen molar-refractivity contribution in [2.45, 2.75) is 32.0 Å². The summed E-state index contributed by atoms with van der Waals surface area (Å²) in [6.45, 7) is 1.88. The zero-order valence-corrected chi connectivity index (χ0v) is 18.1. The predicted octanol–water partition coefficient (Wildman–Crippen LogP) is 3.42. The molecule has 2 heterocycles. The number of amides is 1. The number of carbonyl (C=O) groups excluding carboxylic acids is 1. The molecule has 166 valence electrons. The number of hydrogen-bond donors (Lipinski definition) is 2. The van der Waals surface area contributed by atoms with Gasteiger partial charge in [0, 0.05) is 29.5 Å². The molecule has 0 aliphatic heterocycles. The van der Waals surface area contributed by atoms with E-state index < -0.39 is 11.7 Å². The molecule has 0 bridgehead atoms. The number of nitrogens with zero attached hydrogens (tertiary/aromatic N) is 4. The summed E-state index contributed by atoms with van der Waals surface area (Å²) in [5.41, 5.74) is 0.0809.